The lowest BCUT2D eigenvalue weighted by atomic mass is 10.1. The van der Waals surface area contributed by atoms with Crippen molar-refractivity contribution in [3.8, 4) is 23.7 Å². The molecule has 0 aliphatic carbocycles. The first kappa shape index (κ1) is 19.9. The molecule has 10 nitrogen and oxygen atoms in total. The van der Waals surface area contributed by atoms with Gasteiger partial charge < -0.3 is 20.3 Å². The molecule has 4 aromatic rings. The van der Waals surface area contributed by atoms with Crippen LogP contribution in [0.5, 0.6) is 6.01 Å². The van der Waals surface area contributed by atoms with Crippen LogP contribution in [-0.2, 0) is 10.3 Å². The fourth-order valence-electron chi connectivity index (χ4n) is 3.15. The number of nitrogens with zero attached hydrogens (tertiary/aromatic N) is 6. The van der Waals surface area contributed by atoms with E-state index in [2.05, 4.69) is 36.8 Å². The van der Waals surface area contributed by atoms with Crippen LogP contribution >= 0.6 is 0 Å². The van der Waals surface area contributed by atoms with Crippen LogP contribution in [0, 0.1) is 11.8 Å². The number of rotatable bonds is 4. The predicted octanol–water partition coefficient (Wildman–Crippen LogP) is 1.22. The highest BCUT2D eigenvalue weighted by atomic mass is 16.6. The van der Waals surface area contributed by atoms with E-state index in [1.54, 1.807) is 42.2 Å². The summed E-state index contributed by atoms with van der Waals surface area (Å²) in [5.74, 6) is 6.72. The molecule has 1 saturated heterocycles. The molecule has 1 unspecified atom stereocenters. The van der Waals surface area contributed by atoms with Crippen molar-refractivity contribution in [2.24, 2.45) is 0 Å². The minimum Gasteiger partial charge on any atom is -0.456 e. The Kier molecular flexibility index (Phi) is 4.89. The Hall–Kier alpha value is -4.07. The first-order valence-electron chi connectivity index (χ1n) is 9.88. The minimum atomic E-state index is -1.50. The lowest BCUT2D eigenvalue weighted by Gasteiger charge is -2.26. The number of aromatic nitrogens is 6. The summed E-state index contributed by atoms with van der Waals surface area (Å²) in [6, 6.07) is 9.27. The fourth-order valence-corrected chi connectivity index (χ4v) is 3.15. The van der Waals surface area contributed by atoms with E-state index in [-0.39, 0.29) is 17.9 Å². The summed E-state index contributed by atoms with van der Waals surface area (Å²) >= 11 is 0. The van der Waals surface area contributed by atoms with Crippen molar-refractivity contribution in [2.75, 3.05) is 18.9 Å². The number of imidazole rings is 1. The zero-order valence-corrected chi connectivity index (χ0v) is 17.1. The molecule has 160 valence electrons. The zero-order valence-electron chi connectivity index (χ0n) is 17.1. The summed E-state index contributed by atoms with van der Waals surface area (Å²) in [4.78, 5) is 21.1. The Morgan fingerprint density at radius 2 is 1.97 bits per heavy atom. The Morgan fingerprint density at radius 3 is 2.69 bits per heavy atom. The third-order valence-corrected chi connectivity index (χ3v) is 4.84. The minimum absolute atomic E-state index is 0.0787. The first-order chi connectivity index (χ1) is 15.5. The number of fused-ring (bicyclic) bond motifs is 1. The molecule has 10 heteroatoms. The van der Waals surface area contributed by atoms with Crippen LogP contribution in [0.15, 0.2) is 48.9 Å². The second kappa shape index (κ2) is 7.88. The van der Waals surface area contributed by atoms with E-state index in [0.717, 1.165) is 5.52 Å². The Bertz CT molecular complexity index is 1340. The van der Waals surface area contributed by atoms with Gasteiger partial charge in [-0.1, -0.05) is 11.8 Å². The smallest absolute Gasteiger partial charge is 0.303 e. The summed E-state index contributed by atoms with van der Waals surface area (Å²) in [5, 5.41) is 10.7. The highest BCUT2D eigenvalue weighted by molar-refractivity contribution is 5.80. The van der Waals surface area contributed by atoms with Crippen LogP contribution in [0.25, 0.3) is 16.9 Å². The van der Waals surface area contributed by atoms with Crippen molar-refractivity contribution in [2.45, 2.75) is 18.6 Å². The van der Waals surface area contributed by atoms with Gasteiger partial charge in [0.2, 0.25) is 5.95 Å². The van der Waals surface area contributed by atoms with Crippen LogP contribution in [0.1, 0.15) is 18.3 Å². The van der Waals surface area contributed by atoms with Gasteiger partial charge in [-0.3, -0.25) is 0 Å². The van der Waals surface area contributed by atoms with Crippen LogP contribution in [0.3, 0.4) is 0 Å². The van der Waals surface area contributed by atoms with E-state index in [1.807, 2.05) is 18.2 Å². The highest BCUT2D eigenvalue weighted by Gasteiger charge is 2.25. The van der Waals surface area contributed by atoms with Gasteiger partial charge in [-0.05, 0) is 31.2 Å². The van der Waals surface area contributed by atoms with Gasteiger partial charge in [-0.25, -0.2) is 19.5 Å². The molecule has 32 heavy (non-hydrogen) atoms. The van der Waals surface area contributed by atoms with E-state index in [1.165, 1.54) is 0 Å². The second-order valence-electron chi connectivity index (χ2n) is 7.38. The van der Waals surface area contributed by atoms with Crippen LogP contribution in [-0.4, -0.2) is 53.9 Å². The zero-order chi connectivity index (χ0) is 22.1. The van der Waals surface area contributed by atoms with Gasteiger partial charge in [-0.15, -0.1) is 0 Å². The number of ether oxygens (including phenoxy) is 2. The lowest BCUT2D eigenvalue weighted by Crippen LogP contribution is -2.39. The predicted molar refractivity (Wildman–Crippen MR) is 115 cm³/mol. The van der Waals surface area contributed by atoms with Gasteiger partial charge in [0.25, 0.3) is 0 Å². The third-order valence-electron chi connectivity index (χ3n) is 4.84. The summed E-state index contributed by atoms with van der Waals surface area (Å²) in [5.41, 5.74) is 6.38. The number of hydrogen-bond acceptors (Lipinski definition) is 9. The normalized spacial score (nSPS) is 15.4. The topological polar surface area (TPSA) is 134 Å². The molecule has 3 aromatic heterocycles. The largest absolute Gasteiger partial charge is 0.456 e. The van der Waals surface area contributed by atoms with E-state index >= 15 is 0 Å². The highest BCUT2D eigenvalue weighted by Crippen LogP contribution is 2.28. The standard InChI is InChI=1S/C22H19N7O3/c1-22(30,19-24-8-2-9-25-19)7-5-14-3-4-16-17(11-14)29(18-6-10-26-20(23)28-18)21(27-16)32-15-12-31-13-15/h2-4,6,8-11,15,30H,12-13H2,1H3,(H2,23,26,28). The van der Waals surface area contributed by atoms with E-state index in [9.17, 15) is 5.11 Å². The molecule has 0 radical (unpaired) electrons. The Labute approximate surface area is 183 Å². The van der Waals surface area contributed by atoms with Gasteiger partial charge >= 0.3 is 6.01 Å². The van der Waals surface area contributed by atoms with Gasteiger partial charge in [-0.2, -0.15) is 9.97 Å². The quantitative estimate of drug-likeness (QED) is 0.459. The maximum absolute atomic E-state index is 10.7. The van der Waals surface area contributed by atoms with Crippen LogP contribution in [0.4, 0.5) is 5.95 Å². The molecule has 5 rings (SSSR count). The van der Waals surface area contributed by atoms with Crippen molar-refractivity contribution in [3.05, 3.63) is 60.3 Å². The molecule has 1 aliphatic rings. The number of hydrogen-bond donors (Lipinski definition) is 2. The second-order valence-corrected chi connectivity index (χ2v) is 7.38. The SMILES string of the molecule is CC(O)(C#Cc1ccc2nc(OC3COC3)n(-c3ccnc(N)n3)c2c1)c1ncccn1. The van der Waals surface area contributed by atoms with Crippen molar-refractivity contribution in [1.29, 1.82) is 0 Å². The Morgan fingerprint density at radius 1 is 1.16 bits per heavy atom. The van der Waals surface area contributed by atoms with Gasteiger partial charge in [0.15, 0.2) is 11.4 Å². The maximum Gasteiger partial charge on any atom is 0.303 e. The first-order valence-corrected chi connectivity index (χ1v) is 9.88. The molecule has 3 N–H and O–H groups in total. The van der Waals surface area contributed by atoms with Crippen molar-refractivity contribution in [3.63, 3.8) is 0 Å². The molecule has 0 spiro atoms. The molecular formula is C22H19N7O3. The number of anilines is 1. The molecule has 1 fully saturated rings. The monoisotopic (exact) mass is 429 g/mol. The fraction of sp³-hybridized carbons (Fsp3) is 0.227. The summed E-state index contributed by atoms with van der Waals surface area (Å²) < 4.78 is 13.0. The van der Waals surface area contributed by atoms with E-state index in [4.69, 9.17) is 15.2 Å². The molecule has 1 atom stereocenters. The summed E-state index contributed by atoms with van der Waals surface area (Å²) in [7, 11) is 0. The molecule has 1 aromatic carbocycles. The molecule has 4 heterocycles. The molecule has 1 aliphatic heterocycles. The van der Waals surface area contributed by atoms with Gasteiger partial charge in [0, 0.05) is 30.2 Å². The Balaban J connectivity index is 1.58. The van der Waals surface area contributed by atoms with Crippen LogP contribution < -0.4 is 10.5 Å². The van der Waals surface area contributed by atoms with Gasteiger partial charge in [0.05, 0.1) is 24.2 Å². The average molecular weight is 429 g/mol. The number of nitrogen functional groups attached to an aromatic ring is 1. The summed E-state index contributed by atoms with van der Waals surface area (Å²) in [6.45, 7) is 2.55. The average Bonchev–Trinajstić information content (AvgIpc) is 3.13. The van der Waals surface area contributed by atoms with Crippen molar-refractivity contribution >= 4 is 17.0 Å². The molecular weight excluding hydrogens is 410 g/mol. The maximum atomic E-state index is 10.7. The molecule has 0 bridgehead atoms. The van der Waals surface area contributed by atoms with Gasteiger partial charge in [0.1, 0.15) is 11.9 Å². The van der Waals surface area contributed by atoms with Crippen LogP contribution in [0.2, 0.25) is 0 Å². The number of benzene rings is 1. The number of aliphatic hydroxyl groups is 1. The molecule has 0 saturated carbocycles. The molecule has 0 amide bonds. The third kappa shape index (κ3) is 3.82. The van der Waals surface area contributed by atoms with E-state index in [0.29, 0.717) is 36.1 Å². The lowest BCUT2D eigenvalue weighted by molar-refractivity contribution is -0.0835. The van der Waals surface area contributed by atoms with Crippen molar-refractivity contribution in [1.82, 2.24) is 29.5 Å². The van der Waals surface area contributed by atoms with E-state index < -0.39 is 5.60 Å². The van der Waals surface area contributed by atoms with Crippen molar-refractivity contribution < 1.29 is 14.6 Å². The number of nitrogens with two attached hydrogens (primary N) is 1. The summed E-state index contributed by atoms with van der Waals surface area (Å²) in [6.07, 6.45) is 4.61.